The van der Waals surface area contributed by atoms with Gasteiger partial charge in [0.25, 0.3) is 0 Å². The van der Waals surface area contributed by atoms with Gasteiger partial charge >= 0.3 is 0 Å². The van der Waals surface area contributed by atoms with E-state index in [0.717, 1.165) is 22.3 Å². The van der Waals surface area contributed by atoms with Crippen LogP contribution in [0, 0.1) is 0 Å². The summed E-state index contributed by atoms with van der Waals surface area (Å²) >= 11 is 0. The van der Waals surface area contributed by atoms with Crippen LogP contribution in [0.15, 0.2) is 66.9 Å². The lowest BCUT2D eigenvalue weighted by molar-refractivity contribution is -0.150. The van der Waals surface area contributed by atoms with Crippen molar-refractivity contribution in [1.29, 1.82) is 0 Å². The van der Waals surface area contributed by atoms with Crippen LogP contribution >= 0.6 is 0 Å². The highest BCUT2D eigenvalue weighted by molar-refractivity contribution is 6.06. The molecular weight excluding hydrogens is 444 g/mol. The van der Waals surface area contributed by atoms with Crippen LogP contribution in [0.2, 0.25) is 0 Å². The first-order valence-corrected chi connectivity index (χ1v) is 11.6. The van der Waals surface area contributed by atoms with E-state index in [0.29, 0.717) is 31.0 Å². The van der Waals surface area contributed by atoms with E-state index in [4.69, 9.17) is 4.74 Å². The van der Waals surface area contributed by atoms with Gasteiger partial charge in [-0.2, -0.15) is 0 Å². The molecule has 8 heteroatoms. The van der Waals surface area contributed by atoms with E-state index in [2.05, 4.69) is 15.6 Å². The molecule has 2 aromatic carbocycles. The van der Waals surface area contributed by atoms with Gasteiger partial charge in [-0.25, -0.2) is 4.98 Å². The number of hydrogen-bond acceptors (Lipinski definition) is 5. The largest absolute Gasteiger partial charge is 0.369 e. The van der Waals surface area contributed by atoms with E-state index in [-0.39, 0.29) is 36.9 Å². The van der Waals surface area contributed by atoms with E-state index in [1.54, 1.807) is 11.1 Å². The monoisotopic (exact) mass is 468 g/mol. The number of amides is 3. The number of fused-ring (bicyclic) bond motifs is 3. The highest BCUT2D eigenvalue weighted by Crippen LogP contribution is 2.46. The number of rotatable bonds is 4. The zero-order valence-corrected chi connectivity index (χ0v) is 19.0. The van der Waals surface area contributed by atoms with Crippen molar-refractivity contribution in [2.24, 2.45) is 0 Å². The first-order valence-electron chi connectivity index (χ1n) is 11.6. The van der Waals surface area contributed by atoms with Gasteiger partial charge in [0, 0.05) is 17.4 Å². The fourth-order valence-electron chi connectivity index (χ4n) is 5.45. The SMILES string of the molecule is O=C(CN1C(=O)COCC1c1ccccc1)Nc1ccc2c(c1)CC1(C2)C(=O)Nc2ncccc21. The van der Waals surface area contributed by atoms with E-state index in [9.17, 15) is 14.4 Å². The van der Waals surface area contributed by atoms with Crippen LogP contribution in [0.4, 0.5) is 11.5 Å². The predicted octanol–water partition coefficient (Wildman–Crippen LogP) is 2.61. The van der Waals surface area contributed by atoms with Gasteiger partial charge in [-0.05, 0) is 47.7 Å². The van der Waals surface area contributed by atoms with Crippen molar-refractivity contribution in [3.8, 4) is 0 Å². The minimum Gasteiger partial charge on any atom is -0.369 e. The summed E-state index contributed by atoms with van der Waals surface area (Å²) in [5, 5.41) is 5.85. The van der Waals surface area contributed by atoms with Crippen molar-refractivity contribution >= 4 is 29.2 Å². The molecule has 176 valence electrons. The van der Waals surface area contributed by atoms with Crippen LogP contribution in [0.1, 0.15) is 28.3 Å². The number of hydrogen-bond donors (Lipinski definition) is 2. The lowest BCUT2D eigenvalue weighted by atomic mass is 9.79. The summed E-state index contributed by atoms with van der Waals surface area (Å²) in [5.41, 5.74) is 3.96. The predicted molar refractivity (Wildman–Crippen MR) is 129 cm³/mol. The molecule has 1 saturated heterocycles. The number of aromatic nitrogens is 1. The van der Waals surface area contributed by atoms with Crippen molar-refractivity contribution in [2.45, 2.75) is 24.3 Å². The van der Waals surface area contributed by atoms with E-state index in [1.807, 2.05) is 60.7 Å². The normalized spacial score (nSPS) is 22.6. The van der Waals surface area contributed by atoms with E-state index >= 15 is 0 Å². The molecule has 2 unspecified atom stereocenters. The quantitative estimate of drug-likeness (QED) is 0.613. The number of nitrogens with one attached hydrogen (secondary N) is 2. The first-order chi connectivity index (χ1) is 17.0. The van der Waals surface area contributed by atoms with Gasteiger partial charge in [0.15, 0.2) is 0 Å². The molecule has 2 N–H and O–H groups in total. The van der Waals surface area contributed by atoms with Gasteiger partial charge < -0.3 is 20.3 Å². The fourth-order valence-corrected chi connectivity index (χ4v) is 5.45. The van der Waals surface area contributed by atoms with Gasteiger partial charge in [0.1, 0.15) is 19.0 Å². The number of anilines is 2. The summed E-state index contributed by atoms with van der Waals surface area (Å²) in [7, 11) is 0. The Balaban J connectivity index is 1.19. The third kappa shape index (κ3) is 3.66. The van der Waals surface area contributed by atoms with Crippen molar-refractivity contribution in [3.63, 3.8) is 0 Å². The molecule has 3 aliphatic rings. The van der Waals surface area contributed by atoms with Crippen LogP contribution in [0.25, 0.3) is 0 Å². The van der Waals surface area contributed by atoms with Crippen molar-refractivity contribution in [1.82, 2.24) is 9.88 Å². The van der Waals surface area contributed by atoms with Crippen molar-refractivity contribution < 1.29 is 19.1 Å². The van der Waals surface area contributed by atoms with Crippen LogP contribution in [-0.4, -0.2) is 47.4 Å². The van der Waals surface area contributed by atoms with Crippen molar-refractivity contribution in [3.05, 3.63) is 89.1 Å². The summed E-state index contributed by atoms with van der Waals surface area (Å²) in [6.07, 6.45) is 2.83. The van der Waals surface area contributed by atoms with Gasteiger partial charge in [-0.3, -0.25) is 14.4 Å². The average molecular weight is 469 g/mol. The Morgan fingerprint density at radius 1 is 1.09 bits per heavy atom. The van der Waals surface area contributed by atoms with E-state index < -0.39 is 5.41 Å². The average Bonchev–Trinajstić information content (AvgIpc) is 3.38. The second kappa shape index (κ2) is 8.32. The zero-order chi connectivity index (χ0) is 24.0. The highest BCUT2D eigenvalue weighted by Gasteiger charge is 2.51. The smallest absolute Gasteiger partial charge is 0.249 e. The van der Waals surface area contributed by atoms with Gasteiger partial charge in [0.2, 0.25) is 17.7 Å². The fraction of sp³-hybridized carbons (Fsp3) is 0.259. The number of morpholine rings is 1. The standard InChI is InChI=1S/C27H24N4O4/c32-23(14-31-22(15-35-16-24(31)33)17-5-2-1-3-6-17)29-20-9-8-18-12-27(13-19(18)11-20)21-7-4-10-28-25(21)30-26(27)34/h1-11,22H,12-16H2,(H,29,32)(H,28,30,34). The molecule has 1 spiro atoms. The first kappa shape index (κ1) is 21.5. The maximum Gasteiger partial charge on any atom is 0.249 e. The molecule has 0 radical (unpaired) electrons. The minimum absolute atomic E-state index is 0.0318. The molecular formula is C27H24N4O4. The maximum absolute atomic E-state index is 13.0. The van der Waals surface area contributed by atoms with Gasteiger partial charge in [0.05, 0.1) is 18.1 Å². The number of carbonyl (C=O) groups is 3. The number of benzene rings is 2. The number of carbonyl (C=O) groups excluding carboxylic acids is 3. The topological polar surface area (TPSA) is 101 Å². The maximum atomic E-state index is 13.0. The number of pyridine rings is 1. The Hall–Kier alpha value is -4.04. The molecule has 35 heavy (non-hydrogen) atoms. The summed E-state index contributed by atoms with van der Waals surface area (Å²) in [4.78, 5) is 44.3. The Kier molecular flexibility index (Phi) is 5.11. The number of ether oxygens (including phenoxy) is 1. The van der Waals surface area contributed by atoms with Gasteiger partial charge in [-0.15, -0.1) is 0 Å². The molecule has 0 saturated carbocycles. The van der Waals surface area contributed by atoms with Crippen LogP contribution < -0.4 is 10.6 Å². The third-order valence-corrected chi connectivity index (χ3v) is 7.16. The zero-order valence-electron chi connectivity index (χ0n) is 19.0. The number of nitrogens with zero attached hydrogens (tertiary/aromatic N) is 2. The summed E-state index contributed by atoms with van der Waals surface area (Å²) < 4.78 is 5.45. The molecule has 0 bridgehead atoms. The molecule has 3 aromatic rings. The lowest BCUT2D eigenvalue weighted by Crippen LogP contribution is -2.47. The second-order valence-electron chi connectivity index (χ2n) is 9.28. The summed E-state index contributed by atoms with van der Waals surface area (Å²) in [6, 6.07) is 18.8. The van der Waals surface area contributed by atoms with E-state index in [1.165, 1.54) is 0 Å². The molecule has 2 atom stereocenters. The Morgan fingerprint density at radius 3 is 2.77 bits per heavy atom. The summed E-state index contributed by atoms with van der Waals surface area (Å²) in [5.74, 6) is 0.102. The van der Waals surface area contributed by atoms with Crippen molar-refractivity contribution in [2.75, 3.05) is 30.4 Å². The molecule has 1 aliphatic carbocycles. The van der Waals surface area contributed by atoms with Crippen LogP contribution in [-0.2, 0) is 37.4 Å². The Morgan fingerprint density at radius 2 is 1.91 bits per heavy atom. The van der Waals surface area contributed by atoms with Crippen LogP contribution in [0.5, 0.6) is 0 Å². The Bertz CT molecular complexity index is 1340. The second-order valence-corrected chi connectivity index (χ2v) is 9.28. The van der Waals surface area contributed by atoms with Gasteiger partial charge in [-0.1, -0.05) is 42.5 Å². The minimum atomic E-state index is -0.655. The van der Waals surface area contributed by atoms with Crippen LogP contribution in [0.3, 0.4) is 0 Å². The Labute approximate surface area is 202 Å². The lowest BCUT2D eigenvalue weighted by Gasteiger charge is -2.35. The molecule has 1 aromatic heterocycles. The molecule has 1 fully saturated rings. The molecule has 6 rings (SSSR count). The molecule has 3 amide bonds. The molecule has 2 aliphatic heterocycles. The molecule has 8 nitrogen and oxygen atoms in total. The third-order valence-electron chi connectivity index (χ3n) is 7.16. The highest BCUT2D eigenvalue weighted by atomic mass is 16.5. The summed E-state index contributed by atoms with van der Waals surface area (Å²) in [6.45, 7) is 0.253. The molecule has 3 heterocycles.